The molecule has 0 spiro atoms. The van der Waals surface area contributed by atoms with Crippen molar-refractivity contribution in [3.63, 3.8) is 0 Å². The second kappa shape index (κ2) is 6.13. The molecule has 7 heteroatoms. The summed E-state index contributed by atoms with van der Waals surface area (Å²) in [4.78, 5) is 12.0. The van der Waals surface area contributed by atoms with Crippen molar-refractivity contribution < 1.29 is 18.0 Å². The van der Waals surface area contributed by atoms with Gasteiger partial charge in [0.2, 0.25) is 0 Å². The van der Waals surface area contributed by atoms with E-state index in [0.717, 1.165) is 15.7 Å². The van der Waals surface area contributed by atoms with E-state index in [1.165, 1.54) is 0 Å². The van der Waals surface area contributed by atoms with Crippen LogP contribution in [-0.4, -0.2) is 5.91 Å². The van der Waals surface area contributed by atoms with Gasteiger partial charge >= 0.3 is 0 Å². The summed E-state index contributed by atoms with van der Waals surface area (Å²) < 4.78 is 40.3. The van der Waals surface area contributed by atoms with Crippen LogP contribution in [0, 0.1) is 21.0 Å². The number of benzene rings is 2. The summed E-state index contributed by atoms with van der Waals surface area (Å²) >= 11 is 5.24. The Kier molecular flexibility index (Phi) is 4.69. The molecule has 2 aromatic rings. The molecule has 2 aromatic carbocycles. The van der Waals surface area contributed by atoms with Gasteiger partial charge in [0.15, 0.2) is 17.5 Å². The van der Waals surface area contributed by atoms with Crippen LogP contribution in [0.3, 0.4) is 0 Å². The third kappa shape index (κ3) is 3.32. The van der Waals surface area contributed by atoms with Gasteiger partial charge in [0, 0.05) is 25.9 Å². The SMILES string of the molecule is O=C(Nc1cc(F)c(F)c(F)c1)c1cc(I)ccc1Br. The lowest BCUT2D eigenvalue weighted by Gasteiger charge is -2.08. The summed E-state index contributed by atoms with van der Waals surface area (Å²) in [6.07, 6.45) is 0. The minimum absolute atomic E-state index is 0.155. The highest BCUT2D eigenvalue weighted by Gasteiger charge is 2.14. The maximum absolute atomic E-state index is 13.1. The zero-order chi connectivity index (χ0) is 14.9. The molecular formula is C13H6BrF3INO. The van der Waals surface area contributed by atoms with E-state index in [1.807, 2.05) is 22.6 Å². The van der Waals surface area contributed by atoms with Crippen molar-refractivity contribution in [1.82, 2.24) is 0 Å². The summed E-state index contributed by atoms with van der Waals surface area (Å²) in [5.74, 6) is -4.84. The molecular weight excluding hydrogens is 450 g/mol. The van der Waals surface area contributed by atoms with Gasteiger partial charge in [-0.05, 0) is 56.7 Å². The first-order valence-electron chi connectivity index (χ1n) is 5.29. The molecule has 0 saturated carbocycles. The zero-order valence-electron chi connectivity index (χ0n) is 9.68. The number of nitrogens with one attached hydrogen (secondary N) is 1. The van der Waals surface area contributed by atoms with Gasteiger partial charge in [0.25, 0.3) is 5.91 Å². The predicted octanol–water partition coefficient (Wildman–Crippen LogP) is 4.72. The molecule has 0 aromatic heterocycles. The Hall–Kier alpha value is -1.09. The van der Waals surface area contributed by atoms with Crippen LogP contribution in [-0.2, 0) is 0 Å². The van der Waals surface area contributed by atoms with Crippen LogP contribution < -0.4 is 5.32 Å². The van der Waals surface area contributed by atoms with Crippen molar-refractivity contribution in [1.29, 1.82) is 0 Å². The Morgan fingerprint density at radius 3 is 2.30 bits per heavy atom. The Balaban J connectivity index is 2.30. The maximum Gasteiger partial charge on any atom is 0.256 e. The van der Waals surface area contributed by atoms with E-state index < -0.39 is 23.4 Å². The van der Waals surface area contributed by atoms with Gasteiger partial charge in [-0.1, -0.05) is 0 Å². The molecule has 0 aliphatic heterocycles. The second-order valence-corrected chi connectivity index (χ2v) is 5.93. The van der Waals surface area contributed by atoms with Crippen LogP contribution in [0.2, 0.25) is 0 Å². The standard InChI is InChI=1S/C13H6BrF3INO/c14-9-2-1-6(18)3-8(9)13(20)19-7-4-10(15)12(17)11(16)5-7/h1-5H,(H,19,20). The molecule has 2 nitrogen and oxygen atoms in total. The number of anilines is 1. The fourth-order valence-electron chi connectivity index (χ4n) is 1.50. The topological polar surface area (TPSA) is 29.1 Å². The smallest absolute Gasteiger partial charge is 0.256 e. The van der Waals surface area contributed by atoms with Crippen LogP contribution in [0.4, 0.5) is 18.9 Å². The van der Waals surface area contributed by atoms with E-state index in [4.69, 9.17) is 0 Å². The Bertz CT molecular complexity index is 670. The molecule has 1 N–H and O–H groups in total. The summed E-state index contributed by atoms with van der Waals surface area (Å²) in [6, 6.07) is 6.52. The number of halogens is 5. The lowest BCUT2D eigenvalue weighted by molar-refractivity contribution is 0.102. The van der Waals surface area contributed by atoms with Gasteiger partial charge in [0.1, 0.15) is 0 Å². The number of amides is 1. The predicted molar refractivity (Wildman–Crippen MR) is 81.1 cm³/mol. The highest BCUT2D eigenvalue weighted by Crippen LogP contribution is 2.22. The van der Waals surface area contributed by atoms with Crippen LogP contribution >= 0.6 is 38.5 Å². The number of carbonyl (C=O) groups excluding carboxylic acids is 1. The van der Waals surface area contributed by atoms with E-state index in [0.29, 0.717) is 10.0 Å². The van der Waals surface area contributed by atoms with E-state index in [1.54, 1.807) is 18.2 Å². The normalized spacial score (nSPS) is 10.4. The number of hydrogen-bond donors (Lipinski definition) is 1. The molecule has 20 heavy (non-hydrogen) atoms. The third-order valence-corrected chi connectivity index (χ3v) is 3.78. The molecule has 0 fully saturated rings. The summed E-state index contributed by atoms with van der Waals surface area (Å²) in [5.41, 5.74) is 0.152. The summed E-state index contributed by atoms with van der Waals surface area (Å²) in [6.45, 7) is 0. The first-order valence-corrected chi connectivity index (χ1v) is 7.16. The van der Waals surface area contributed by atoms with E-state index in [2.05, 4.69) is 21.2 Å². The summed E-state index contributed by atoms with van der Waals surface area (Å²) in [7, 11) is 0. The highest BCUT2D eigenvalue weighted by molar-refractivity contribution is 14.1. The van der Waals surface area contributed by atoms with Crippen LogP contribution in [0.25, 0.3) is 0 Å². The monoisotopic (exact) mass is 455 g/mol. The Morgan fingerprint density at radius 1 is 1.10 bits per heavy atom. The lowest BCUT2D eigenvalue weighted by Crippen LogP contribution is -2.13. The Morgan fingerprint density at radius 2 is 1.70 bits per heavy atom. The average Bonchev–Trinajstić information content (AvgIpc) is 2.38. The molecule has 0 aliphatic rings. The lowest BCUT2D eigenvalue weighted by atomic mass is 10.2. The molecule has 1 amide bonds. The fraction of sp³-hybridized carbons (Fsp3) is 0. The first kappa shape index (κ1) is 15.3. The molecule has 0 unspecified atom stereocenters. The van der Waals surface area contributed by atoms with Crippen molar-refractivity contribution in [3.8, 4) is 0 Å². The van der Waals surface area contributed by atoms with Gasteiger partial charge in [0.05, 0.1) is 5.56 Å². The first-order chi connectivity index (χ1) is 9.38. The van der Waals surface area contributed by atoms with E-state index in [9.17, 15) is 18.0 Å². The fourth-order valence-corrected chi connectivity index (χ4v) is 2.42. The average molecular weight is 456 g/mol. The van der Waals surface area contributed by atoms with Gasteiger partial charge in [-0.2, -0.15) is 0 Å². The van der Waals surface area contributed by atoms with Gasteiger partial charge in [-0.3, -0.25) is 4.79 Å². The van der Waals surface area contributed by atoms with Gasteiger partial charge in [-0.25, -0.2) is 13.2 Å². The number of carbonyl (C=O) groups is 1. The van der Waals surface area contributed by atoms with Crippen LogP contribution in [0.15, 0.2) is 34.8 Å². The third-order valence-electron chi connectivity index (χ3n) is 2.41. The summed E-state index contributed by atoms with van der Waals surface area (Å²) in [5, 5.41) is 2.32. The molecule has 0 aliphatic carbocycles. The van der Waals surface area contributed by atoms with Crippen molar-refractivity contribution in [3.05, 3.63) is 61.4 Å². The van der Waals surface area contributed by atoms with Crippen LogP contribution in [0.5, 0.6) is 0 Å². The van der Waals surface area contributed by atoms with Crippen molar-refractivity contribution >= 4 is 50.1 Å². The molecule has 0 radical (unpaired) electrons. The van der Waals surface area contributed by atoms with E-state index in [-0.39, 0.29) is 5.69 Å². The minimum atomic E-state index is -1.57. The molecule has 0 atom stereocenters. The Labute approximate surface area is 134 Å². The zero-order valence-corrected chi connectivity index (χ0v) is 13.4. The molecule has 0 heterocycles. The second-order valence-electron chi connectivity index (χ2n) is 3.83. The molecule has 2 rings (SSSR count). The quantitative estimate of drug-likeness (QED) is 0.515. The number of rotatable bonds is 2. The largest absolute Gasteiger partial charge is 0.322 e. The maximum atomic E-state index is 13.1. The van der Waals surface area contributed by atoms with Crippen LogP contribution in [0.1, 0.15) is 10.4 Å². The molecule has 104 valence electrons. The van der Waals surface area contributed by atoms with Crippen molar-refractivity contribution in [2.45, 2.75) is 0 Å². The van der Waals surface area contributed by atoms with E-state index >= 15 is 0 Å². The highest BCUT2D eigenvalue weighted by atomic mass is 127. The van der Waals surface area contributed by atoms with Crippen molar-refractivity contribution in [2.75, 3.05) is 5.32 Å². The van der Waals surface area contributed by atoms with Crippen molar-refractivity contribution in [2.24, 2.45) is 0 Å². The molecule has 0 saturated heterocycles. The van der Waals surface area contributed by atoms with Gasteiger partial charge in [-0.15, -0.1) is 0 Å². The van der Waals surface area contributed by atoms with Gasteiger partial charge < -0.3 is 5.32 Å². The molecule has 0 bridgehead atoms. The number of hydrogen-bond acceptors (Lipinski definition) is 1. The minimum Gasteiger partial charge on any atom is -0.322 e.